The number of nitrogens with two attached hydrogens (primary N) is 1. The van der Waals surface area contributed by atoms with Gasteiger partial charge in [-0.2, -0.15) is 11.8 Å². The highest BCUT2D eigenvalue weighted by atomic mass is 32.2. The number of hydrogen-bond acceptors (Lipinski definition) is 3. The van der Waals surface area contributed by atoms with Crippen molar-refractivity contribution in [3.05, 3.63) is 0 Å². The summed E-state index contributed by atoms with van der Waals surface area (Å²) in [4.78, 5) is 2.59. The molecule has 2 heterocycles. The second-order valence-electron chi connectivity index (χ2n) is 4.42. The molecule has 13 heavy (non-hydrogen) atoms. The third-order valence-electron chi connectivity index (χ3n) is 3.02. The van der Waals surface area contributed by atoms with Crippen LogP contribution in [0.3, 0.4) is 0 Å². The van der Waals surface area contributed by atoms with Crippen molar-refractivity contribution in [3.63, 3.8) is 0 Å². The van der Waals surface area contributed by atoms with Crippen molar-refractivity contribution in [2.24, 2.45) is 11.7 Å². The standard InChI is InChI=1S/C10H20N2S/c11-10-3-1-2-4-12(6-10)5-9-7-13-8-9/h9-10H,1-8,11H2. The summed E-state index contributed by atoms with van der Waals surface area (Å²) in [6.07, 6.45) is 3.92. The summed E-state index contributed by atoms with van der Waals surface area (Å²) >= 11 is 2.08. The first-order valence-electron chi connectivity index (χ1n) is 5.40. The van der Waals surface area contributed by atoms with Crippen LogP contribution in [0.15, 0.2) is 0 Å². The minimum Gasteiger partial charge on any atom is -0.327 e. The normalized spacial score (nSPS) is 32.5. The molecule has 0 radical (unpaired) electrons. The van der Waals surface area contributed by atoms with Gasteiger partial charge < -0.3 is 10.6 Å². The Morgan fingerprint density at radius 2 is 2.15 bits per heavy atom. The molecular formula is C10H20N2S. The van der Waals surface area contributed by atoms with Gasteiger partial charge in [-0.1, -0.05) is 6.42 Å². The van der Waals surface area contributed by atoms with E-state index < -0.39 is 0 Å². The fourth-order valence-corrected chi connectivity index (χ4v) is 2.96. The third-order valence-corrected chi connectivity index (χ3v) is 4.43. The summed E-state index contributed by atoms with van der Waals surface area (Å²) < 4.78 is 0. The third kappa shape index (κ3) is 2.86. The summed E-state index contributed by atoms with van der Waals surface area (Å²) in [5.74, 6) is 3.73. The molecule has 76 valence electrons. The van der Waals surface area contributed by atoms with E-state index in [1.165, 1.54) is 43.9 Å². The number of nitrogens with zero attached hydrogens (tertiary/aromatic N) is 1. The Balaban J connectivity index is 1.75. The van der Waals surface area contributed by atoms with Crippen LogP contribution in [0.2, 0.25) is 0 Å². The van der Waals surface area contributed by atoms with Crippen LogP contribution in [0.25, 0.3) is 0 Å². The summed E-state index contributed by atoms with van der Waals surface area (Å²) in [7, 11) is 0. The van der Waals surface area contributed by atoms with Gasteiger partial charge in [-0.05, 0) is 36.8 Å². The van der Waals surface area contributed by atoms with Crippen LogP contribution in [0.4, 0.5) is 0 Å². The van der Waals surface area contributed by atoms with Crippen LogP contribution in [0.1, 0.15) is 19.3 Å². The first kappa shape index (κ1) is 9.81. The van der Waals surface area contributed by atoms with Gasteiger partial charge in [0, 0.05) is 19.1 Å². The molecule has 2 fully saturated rings. The van der Waals surface area contributed by atoms with Crippen LogP contribution in [0, 0.1) is 5.92 Å². The van der Waals surface area contributed by atoms with Crippen molar-refractivity contribution < 1.29 is 0 Å². The predicted molar refractivity (Wildman–Crippen MR) is 59.1 cm³/mol. The second kappa shape index (κ2) is 4.67. The van der Waals surface area contributed by atoms with Crippen LogP contribution < -0.4 is 5.73 Å². The Labute approximate surface area is 85.2 Å². The van der Waals surface area contributed by atoms with Gasteiger partial charge in [-0.15, -0.1) is 0 Å². The number of hydrogen-bond donors (Lipinski definition) is 1. The van der Waals surface area contributed by atoms with Gasteiger partial charge in [0.15, 0.2) is 0 Å². The summed E-state index contributed by atoms with van der Waals surface area (Å²) in [5.41, 5.74) is 6.01. The molecule has 0 aromatic rings. The van der Waals surface area contributed by atoms with E-state index in [1.54, 1.807) is 0 Å². The molecular weight excluding hydrogens is 180 g/mol. The molecule has 2 aliphatic rings. The summed E-state index contributed by atoms with van der Waals surface area (Å²) in [6, 6.07) is 0.440. The lowest BCUT2D eigenvalue weighted by atomic mass is 10.1. The fraction of sp³-hybridized carbons (Fsp3) is 1.00. The maximum Gasteiger partial charge on any atom is 0.0167 e. The van der Waals surface area contributed by atoms with Crippen molar-refractivity contribution >= 4 is 11.8 Å². The Bertz CT molecular complexity index is 159. The number of rotatable bonds is 2. The molecule has 0 amide bonds. The largest absolute Gasteiger partial charge is 0.327 e. The highest BCUT2D eigenvalue weighted by molar-refractivity contribution is 8.00. The molecule has 1 unspecified atom stereocenters. The molecule has 0 bridgehead atoms. The van der Waals surface area contributed by atoms with Gasteiger partial charge in [0.25, 0.3) is 0 Å². The molecule has 2 nitrogen and oxygen atoms in total. The molecule has 2 rings (SSSR count). The Hall–Kier alpha value is 0.270. The monoisotopic (exact) mass is 200 g/mol. The second-order valence-corrected chi connectivity index (χ2v) is 5.49. The SMILES string of the molecule is NC1CCCCN(CC2CSC2)C1. The van der Waals surface area contributed by atoms with E-state index in [0.717, 1.165) is 12.5 Å². The molecule has 2 saturated heterocycles. The van der Waals surface area contributed by atoms with Gasteiger partial charge in [0.05, 0.1) is 0 Å². The molecule has 2 aliphatic heterocycles. The molecule has 0 saturated carbocycles. The van der Waals surface area contributed by atoms with E-state index in [0.29, 0.717) is 6.04 Å². The maximum atomic E-state index is 6.01. The lowest BCUT2D eigenvalue weighted by molar-refractivity contribution is 0.243. The molecule has 3 heteroatoms. The van der Waals surface area contributed by atoms with Crippen molar-refractivity contribution in [1.29, 1.82) is 0 Å². The van der Waals surface area contributed by atoms with E-state index in [-0.39, 0.29) is 0 Å². The Morgan fingerprint density at radius 3 is 2.85 bits per heavy atom. The van der Waals surface area contributed by atoms with E-state index in [9.17, 15) is 0 Å². The van der Waals surface area contributed by atoms with E-state index in [1.807, 2.05) is 0 Å². The van der Waals surface area contributed by atoms with Gasteiger partial charge >= 0.3 is 0 Å². The summed E-state index contributed by atoms with van der Waals surface area (Å²) in [5, 5.41) is 0. The van der Waals surface area contributed by atoms with E-state index in [2.05, 4.69) is 16.7 Å². The number of thioether (sulfide) groups is 1. The van der Waals surface area contributed by atoms with Crippen molar-refractivity contribution in [1.82, 2.24) is 4.90 Å². The minimum atomic E-state index is 0.440. The molecule has 0 aromatic carbocycles. The molecule has 0 aliphatic carbocycles. The first-order valence-corrected chi connectivity index (χ1v) is 6.56. The minimum absolute atomic E-state index is 0.440. The maximum absolute atomic E-state index is 6.01. The predicted octanol–water partition coefficient (Wildman–Crippen LogP) is 1.16. The van der Waals surface area contributed by atoms with E-state index in [4.69, 9.17) is 5.73 Å². The fourth-order valence-electron chi connectivity index (χ4n) is 2.18. The van der Waals surface area contributed by atoms with Crippen LogP contribution in [0.5, 0.6) is 0 Å². The average molecular weight is 200 g/mol. The number of likely N-dealkylation sites (tertiary alicyclic amines) is 1. The van der Waals surface area contributed by atoms with Crippen LogP contribution in [-0.4, -0.2) is 42.1 Å². The zero-order valence-electron chi connectivity index (χ0n) is 8.24. The molecule has 0 spiro atoms. The van der Waals surface area contributed by atoms with E-state index >= 15 is 0 Å². The molecule has 2 N–H and O–H groups in total. The van der Waals surface area contributed by atoms with Gasteiger partial charge in [-0.3, -0.25) is 0 Å². The summed E-state index contributed by atoms with van der Waals surface area (Å²) in [6.45, 7) is 3.73. The zero-order chi connectivity index (χ0) is 9.10. The zero-order valence-corrected chi connectivity index (χ0v) is 9.06. The average Bonchev–Trinajstić information content (AvgIpc) is 2.22. The lowest BCUT2D eigenvalue weighted by Crippen LogP contribution is -2.41. The Morgan fingerprint density at radius 1 is 1.31 bits per heavy atom. The van der Waals surface area contributed by atoms with Gasteiger partial charge in [0.2, 0.25) is 0 Å². The Kier molecular flexibility index (Phi) is 3.52. The smallest absolute Gasteiger partial charge is 0.0167 e. The first-order chi connectivity index (χ1) is 6.34. The van der Waals surface area contributed by atoms with Crippen molar-refractivity contribution in [2.45, 2.75) is 25.3 Å². The van der Waals surface area contributed by atoms with Crippen molar-refractivity contribution in [3.8, 4) is 0 Å². The molecule has 0 aromatic heterocycles. The highest BCUT2D eigenvalue weighted by Crippen LogP contribution is 2.25. The van der Waals surface area contributed by atoms with Crippen LogP contribution in [-0.2, 0) is 0 Å². The topological polar surface area (TPSA) is 29.3 Å². The highest BCUT2D eigenvalue weighted by Gasteiger charge is 2.23. The van der Waals surface area contributed by atoms with Crippen molar-refractivity contribution in [2.75, 3.05) is 31.1 Å². The quantitative estimate of drug-likeness (QED) is 0.725. The van der Waals surface area contributed by atoms with Gasteiger partial charge in [0.1, 0.15) is 0 Å². The van der Waals surface area contributed by atoms with Gasteiger partial charge in [-0.25, -0.2) is 0 Å². The van der Waals surface area contributed by atoms with Crippen LogP contribution >= 0.6 is 11.8 Å². The lowest BCUT2D eigenvalue weighted by Gasteiger charge is -2.32. The molecule has 1 atom stereocenters.